The molecule has 5 heteroatoms. The number of aromatic nitrogens is 1. The van der Waals surface area contributed by atoms with Crippen LogP contribution in [0.15, 0.2) is 9.72 Å². The molecule has 1 aromatic rings. The minimum Gasteiger partial charge on any atom is -0.391 e. The van der Waals surface area contributed by atoms with Crippen LogP contribution in [0, 0.1) is 6.92 Å². The molecule has 1 aliphatic rings. The quantitative estimate of drug-likeness (QED) is 0.747. The third kappa shape index (κ3) is 4.10. The van der Waals surface area contributed by atoms with Gasteiger partial charge in [0.2, 0.25) is 0 Å². The number of nitrogens with one attached hydrogen (secondary N) is 1. The summed E-state index contributed by atoms with van der Waals surface area (Å²) in [5, 5.41) is 15.0. The molecule has 2 N–H and O–H groups in total. The predicted octanol–water partition coefficient (Wildman–Crippen LogP) is 1.66. The van der Waals surface area contributed by atoms with Crippen molar-refractivity contribution >= 4 is 23.1 Å². The lowest BCUT2D eigenvalue weighted by Crippen LogP contribution is -2.29. The third-order valence-electron chi connectivity index (χ3n) is 2.22. The molecule has 1 aromatic heterocycles. The average molecular weight is 244 g/mol. The van der Waals surface area contributed by atoms with Gasteiger partial charge in [0.15, 0.2) is 0 Å². The molecule has 0 amide bonds. The van der Waals surface area contributed by atoms with Crippen molar-refractivity contribution in [3.63, 3.8) is 0 Å². The Hall–Kier alpha value is -0.100. The Morgan fingerprint density at radius 3 is 3.13 bits per heavy atom. The van der Waals surface area contributed by atoms with Gasteiger partial charge in [-0.1, -0.05) is 11.8 Å². The van der Waals surface area contributed by atoms with Gasteiger partial charge < -0.3 is 10.4 Å². The molecule has 15 heavy (non-hydrogen) atoms. The van der Waals surface area contributed by atoms with E-state index < -0.39 is 0 Å². The van der Waals surface area contributed by atoms with Crippen molar-refractivity contribution in [1.29, 1.82) is 0 Å². The summed E-state index contributed by atoms with van der Waals surface area (Å²) < 4.78 is 1.05. The summed E-state index contributed by atoms with van der Waals surface area (Å²) in [6.07, 6.45) is 2.27. The Morgan fingerprint density at radius 1 is 1.73 bits per heavy atom. The first kappa shape index (κ1) is 11.4. The van der Waals surface area contributed by atoms with Crippen LogP contribution in [-0.2, 0) is 0 Å². The number of nitrogens with zero attached hydrogens (tertiary/aromatic N) is 1. The highest BCUT2D eigenvalue weighted by atomic mass is 32.2. The van der Waals surface area contributed by atoms with Crippen molar-refractivity contribution in [1.82, 2.24) is 10.3 Å². The third-order valence-corrected chi connectivity index (χ3v) is 4.50. The molecule has 0 saturated heterocycles. The second-order valence-corrected chi connectivity index (χ2v) is 6.03. The van der Waals surface area contributed by atoms with Crippen LogP contribution in [0.25, 0.3) is 0 Å². The SMILES string of the molecule is Cc1csc(SCC(O)CNC2CC2)n1. The van der Waals surface area contributed by atoms with Gasteiger partial charge in [-0.25, -0.2) is 4.98 Å². The van der Waals surface area contributed by atoms with E-state index in [0.717, 1.165) is 15.8 Å². The van der Waals surface area contributed by atoms with E-state index in [0.29, 0.717) is 12.6 Å². The monoisotopic (exact) mass is 244 g/mol. The topological polar surface area (TPSA) is 45.1 Å². The molecule has 1 aliphatic carbocycles. The average Bonchev–Trinajstić information content (AvgIpc) is 2.95. The first-order valence-electron chi connectivity index (χ1n) is 5.20. The molecule has 84 valence electrons. The smallest absolute Gasteiger partial charge is 0.150 e. The molecule has 1 heterocycles. The van der Waals surface area contributed by atoms with E-state index in [-0.39, 0.29) is 6.10 Å². The second kappa shape index (κ2) is 5.30. The first-order valence-corrected chi connectivity index (χ1v) is 7.07. The molecule has 3 nitrogen and oxygen atoms in total. The minimum absolute atomic E-state index is 0.264. The Bertz CT molecular complexity index is 312. The zero-order valence-electron chi connectivity index (χ0n) is 8.77. The Balaban J connectivity index is 1.63. The van der Waals surface area contributed by atoms with Crippen LogP contribution < -0.4 is 5.32 Å². The highest BCUT2D eigenvalue weighted by molar-refractivity contribution is 8.01. The lowest BCUT2D eigenvalue weighted by atomic mass is 10.4. The number of hydrogen-bond acceptors (Lipinski definition) is 5. The zero-order valence-corrected chi connectivity index (χ0v) is 10.4. The molecule has 0 radical (unpaired) electrons. The maximum Gasteiger partial charge on any atom is 0.150 e. The van der Waals surface area contributed by atoms with Gasteiger partial charge in [0.05, 0.1) is 6.10 Å². The molecule has 0 spiro atoms. The summed E-state index contributed by atoms with van der Waals surface area (Å²) in [5.74, 6) is 0.729. The normalized spacial score (nSPS) is 18.0. The van der Waals surface area contributed by atoms with Crippen LogP contribution in [0.4, 0.5) is 0 Å². The number of thiazole rings is 1. The van der Waals surface area contributed by atoms with Crippen molar-refractivity contribution in [3.05, 3.63) is 11.1 Å². The highest BCUT2D eigenvalue weighted by Crippen LogP contribution is 2.23. The van der Waals surface area contributed by atoms with Gasteiger partial charge in [-0.15, -0.1) is 11.3 Å². The number of rotatable bonds is 6. The number of thioether (sulfide) groups is 1. The Kier molecular flexibility index (Phi) is 4.02. The van der Waals surface area contributed by atoms with Crippen LogP contribution in [0.1, 0.15) is 18.5 Å². The molecule has 0 aromatic carbocycles. The van der Waals surface area contributed by atoms with Gasteiger partial charge >= 0.3 is 0 Å². The highest BCUT2D eigenvalue weighted by Gasteiger charge is 2.21. The van der Waals surface area contributed by atoms with Crippen molar-refractivity contribution < 1.29 is 5.11 Å². The Morgan fingerprint density at radius 2 is 2.53 bits per heavy atom. The maximum atomic E-state index is 9.69. The number of aliphatic hydroxyl groups is 1. The fourth-order valence-electron chi connectivity index (χ4n) is 1.22. The molecular weight excluding hydrogens is 228 g/mol. The fraction of sp³-hybridized carbons (Fsp3) is 0.700. The lowest BCUT2D eigenvalue weighted by Gasteiger charge is -2.09. The van der Waals surface area contributed by atoms with E-state index in [1.165, 1.54) is 12.8 Å². The van der Waals surface area contributed by atoms with E-state index in [9.17, 15) is 5.11 Å². The van der Waals surface area contributed by atoms with Crippen LogP contribution >= 0.6 is 23.1 Å². The maximum absolute atomic E-state index is 9.69. The summed E-state index contributed by atoms with van der Waals surface area (Å²) in [6.45, 7) is 2.70. The number of hydrogen-bond donors (Lipinski definition) is 2. The van der Waals surface area contributed by atoms with Crippen LogP contribution in [0.2, 0.25) is 0 Å². The van der Waals surface area contributed by atoms with Crippen LogP contribution in [0.3, 0.4) is 0 Å². The largest absolute Gasteiger partial charge is 0.391 e. The molecule has 1 fully saturated rings. The molecular formula is C10H16N2OS2. The number of aliphatic hydroxyl groups excluding tert-OH is 1. The first-order chi connectivity index (χ1) is 7.24. The molecule has 1 unspecified atom stereocenters. The molecule has 0 bridgehead atoms. The van der Waals surface area contributed by atoms with E-state index in [1.54, 1.807) is 23.1 Å². The van der Waals surface area contributed by atoms with Crippen molar-refractivity contribution in [2.45, 2.75) is 36.3 Å². The summed E-state index contributed by atoms with van der Waals surface area (Å²) in [4.78, 5) is 4.34. The lowest BCUT2D eigenvalue weighted by molar-refractivity contribution is 0.195. The summed E-state index contributed by atoms with van der Waals surface area (Å²) in [6, 6.07) is 0.673. The van der Waals surface area contributed by atoms with Gasteiger partial charge in [-0.3, -0.25) is 0 Å². The summed E-state index contributed by atoms with van der Waals surface area (Å²) >= 11 is 3.29. The summed E-state index contributed by atoms with van der Waals surface area (Å²) in [5.41, 5.74) is 1.06. The molecule has 1 atom stereocenters. The van der Waals surface area contributed by atoms with E-state index in [2.05, 4.69) is 10.3 Å². The van der Waals surface area contributed by atoms with Gasteiger partial charge in [0.25, 0.3) is 0 Å². The van der Waals surface area contributed by atoms with Crippen LogP contribution in [0.5, 0.6) is 0 Å². The Labute approximate surface area is 98.3 Å². The second-order valence-electron chi connectivity index (χ2n) is 3.90. The van der Waals surface area contributed by atoms with Crippen molar-refractivity contribution in [3.8, 4) is 0 Å². The van der Waals surface area contributed by atoms with E-state index in [1.807, 2.05) is 12.3 Å². The molecule has 1 saturated carbocycles. The van der Waals surface area contributed by atoms with Gasteiger partial charge in [0, 0.05) is 29.4 Å². The summed E-state index contributed by atoms with van der Waals surface area (Å²) in [7, 11) is 0. The van der Waals surface area contributed by atoms with Gasteiger partial charge in [-0.2, -0.15) is 0 Å². The molecule has 2 rings (SSSR count). The van der Waals surface area contributed by atoms with E-state index in [4.69, 9.17) is 0 Å². The fourth-order valence-corrected chi connectivity index (χ4v) is 3.02. The minimum atomic E-state index is -0.264. The van der Waals surface area contributed by atoms with Gasteiger partial charge in [-0.05, 0) is 19.8 Å². The predicted molar refractivity (Wildman–Crippen MR) is 64.6 cm³/mol. The molecule has 0 aliphatic heterocycles. The standard InChI is InChI=1S/C10H16N2OS2/c1-7-5-14-10(12-7)15-6-9(13)4-11-8-2-3-8/h5,8-9,11,13H,2-4,6H2,1H3. The van der Waals surface area contributed by atoms with E-state index >= 15 is 0 Å². The van der Waals surface area contributed by atoms with Crippen molar-refractivity contribution in [2.75, 3.05) is 12.3 Å². The van der Waals surface area contributed by atoms with Crippen LogP contribution in [-0.4, -0.2) is 34.5 Å². The van der Waals surface area contributed by atoms with Gasteiger partial charge in [0.1, 0.15) is 4.34 Å². The van der Waals surface area contributed by atoms with Crippen molar-refractivity contribution in [2.24, 2.45) is 0 Å². The number of aryl methyl sites for hydroxylation is 1. The zero-order chi connectivity index (χ0) is 10.7.